The van der Waals surface area contributed by atoms with Crippen molar-refractivity contribution in [2.24, 2.45) is 5.41 Å². The zero-order valence-corrected chi connectivity index (χ0v) is 11.9. The zero-order chi connectivity index (χ0) is 13.5. The average Bonchev–Trinajstić information content (AvgIpc) is 3.19. The fourth-order valence-electron chi connectivity index (χ4n) is 3.43. The van der Waals surface area contributed by atoms with Crippen molar-refractivity contribution in [3.05, 3.63) is 29.3 Å². The summed E-state index contributed by atoms with van der Waals surface area (Å²) in [6.45, 7) is 1.12. The number of hydrogen-bond donors (Lipinski definition) is 1. The van der Waals surface area contributed by atoms with Crippen LogP contribution in [0.25, 0.3) is 0 Å². The van der Waals surface area contributed by atoms with Gasteiger partial charge in [-0.2, -0.15) is 0 Å². The topological polar surface area (TPSA) is 32.7 Å². The second kappa shape index (κ2) is 4.80. The van der Waals surface area contributed by atoms with Crippen LogP contribution in [0.5, 0.6) is 5.75 Å². The maximum atomic E-state index is 9.72. The molecule has 0 aromatic heterocycles. The Morgan fingerprint density at radius 2 is 2.16 bits per heavy atom. The first kappa shape index (κ1) is 12.9. The van der Waals surface area contributed by atoms with Gasteiger partial charge in [0.25, 0.3) is 0 Å². The van der Waals surface area contributed by atoms with Crippen molar-refractivity contribution in [1.82, 2.24) is 4.90 Å². The van der Waals surface area contributed by atoms with Crippen molar-refractivity contribution < 1.29 is 9.84 Å². The van der Waals surface area contributed by atoms with Gasteiger partial charge in [0.2, 0.25) is 0 Å². The van der Waals surface area contributed by atoms with Crippen molar-refractivity contribution in [1.29, 1.82) is 0 Å². The summed E-state index contributed by atoms with van der Waals surface area (Å²) in [5, 5.41) is 9.72. The van der Waals surface area contributed by atoms with Gasteiger partial charge in [-0.05, 0) is 57.0 Å². The number of aliphatic hydroxyl groups is 1. The second-order valence-corrected chi connectivity index (χ2v) is 6.21. The molecule has 1 aliphatic heterocycles. The molecule has 0 radical (unpaired) electrons. The lowest BCUT2D eigenvalue weighted by atomic mass is 9.88. The van der Waals surface area contributed by atoms with E-state index in [9.17, 15) is 5.11 Å². The summed E-state index contributed by atoms with van der Waals surface area (Å²) < 4.78 is 5.68. The van der Waals surface area contributed by atoms with E-state index in [1.54, 1.807) is 0 Å². The summed E-state index contributed by atoms with van der Waals surface area (Å²) in [6, 6.07) is 6.87. The van der Waals surface area contributed by atoms with Gasteiger partial charge >= 0.3 is 0 Å². The van der Waals surface area contributed by atoms with Crippen LogP contribution in [0, 0.1) is 5.41 Å². The zero-order valence-electron chi connectivity index (χ0n) is 11.9. The molecule has 1 aromatic rings. The van der Waals surface area contributed by atoms with Gasteiger partial charge in [0.1, 0.15) is 5.75 Å². The summed E-state index contributed by atoms with van der Waals surface area (Å²) in [5.41, 5.74) is 2.72. The predicted molar refractivity (Wildman–Crippen MR) is 75.4 cm³/mol. The van der Waals surface area contributed by atoms with Gasteiger partial charge in [-0.25, -0.2) is 0 Å². The molecule has 1 N–H and O–H groups in total. The number of ether oxygens (including phenoxy) is 1. The molecule has 3 nitrogen and oxygen atoms in total. The number of aliphatic hydroxyl groups excluding tert-OH is 1. The molecule has 2 aliphatic rings. The Balaban J connectivity index is 1.95. The molecular formula is C16H23NO2. The molecule has 1 unspecified atom stereocenters. The van der Waals surface area contributed by atoms with Gasteiger partial charge in [0, 0.05) is 11.5 Å². The van der Waals surface area contributed by atoms with Crippen LogP contribution in [0.15, 0.2) is 18.2 Å². The van der Waals surface area contributed by atoms with Crippen LogP contribution < -0.4 is 4.74 Å². The van der Waals surface area contributed by atoms with E-state index in [0.29, 0.717) is 6.04 Å². The fourth-order valence-corrected chi connectivity index (χ4v) is 3.43. The Hall–Kier alpha value is -1.06. The predicted octanol–water partition coefficient (Wildman–Crippen LogP) is 2.39. The highest BCUT2D eigenvalue weighted by atomic mass is 16.5. The SMILES string of the molecule is CN(C)C(c1ccc2c(c1)CCCO2)C1(CO)CC1. The lowest BCUT2D eigenvalue weighted by molar-refractivity contribution is 0.115. The highest BCUT2D eigenvalue weighted by Crippen LogP contribution is 2.56. The van der Waals surface area contributed by atoms with E-state index in [2.05, 4.69) is 37.2 Å². The molecule has 104 valence electrons. The first-order valence-electron chi connectivity index (χ1n) is 7.19. The molecule has 1 fully saturated rings. The Labute approximate surface area is 115 Å². The van der Waals surface area contributed by atoms with Crippen molar-refractivity contribution in [3.63, 3.8) is 0 Å². The molecule has 1 saturated carbocycles. The third kappa shape index (κ3) is 2.26. The number of nitrogens with zero attached hydrogens (tertiary/aromatic N) is 1. The quantitative estimate of drug-likeness (QED) is 0.903. The summed E-state index contributed by atoms with van der Waals surface area (Å²) in [7, 11) is 4.21. The van der Waals surface area contributed by atoms with E-state index in [-0.39, 0.29) is 12.0 Å². The molecule has 0 saturated heterocycles. The molecule has 3 rings (SSSR count). The molecule has 3 heteroatoms. The summed E-state index contributed by atoms with van der Waals surface area (Å²) >= 11 is 0. The minimum Gasteiger partial charge on any atom is -0.493 e. The number of rotatable bonds is 4. The molecule has 0 bridgehead atoms. The smallest absolute Gasteiger partial charge is 0.122 e. The minimum atomic E-state index is 0.0766. The number of hydrogen-bond acceptors (Lipinski definition) is 3. The third-order valence-electron chi connectivity index (χ3n) is 4.55. The van der Waals surface area contributed by atoms with Crippen molar-refractivity contribution in [2.45, 2.75) is 31.7 Å². The highest BCUT2D eigenvalue weighted by Gasteiger charge is 2.50. The third-order valence-corrected chi connectivity index (χ3v) is 4.55. The maximum Gasteiger partial charge on any atom is 0.122 e. The standard InChI is InChI=1S/C16H23NO2/c1-17(2)15(16(11-18)7-8-16)13-5-6-14-12(10-13)4-3-9-19-14/h5-6,10,15,18H,3-4,7-9,11H2,1-2H3. The van der Waals surface area contributed by atoms with Crippen LogP contribution in [0.3, 0.4) is 0 Å². The lowest BCUT2D eigenvalue weighted by Gasteiger charge is -2.33. The normalized spacial score (nSPS) is 21.7. The van der Waals surface area contributed by atoms with Crippen LogP contribution in [0.1, 0.15) is 36.4 Å². The van der Waals surface area contributed by atoms with Gasteiger partial charge in [-0.1, -0.05) is 12.1 Å². The monoisotopic (exact) mass is 261 g/mol. The molecule has 1 heterocycles. The maximum absolute atomic E-state index is 9.72. The van der Waals surface area contributed by atoms with Gasteiger partial charge in [0.05, 0.1) is 13.2 Å². The van der Waals surface area contributed by atoms with Crippen LogP contribution in [0.2, 0.25) is 0 Å². The number of fused-ring (bicyclic) bond motifs is 1. The highest BCUT2D eigenvalue weighted by molar-refractivity contribution is 5.40. The van der Waals surface area contributed by atoms with Gasteiger partial charge < -0.3 is 14.7 Å². The summed E-state index contributed by atoms with van der Waals surface area (Å²) in [6.07, 6.45) is 4.46. The van der Waals surface area contributed by atoms with Gasteiger partial charge in [-0.15, -0.1) is 0 Å². The molecule has 19 heavy (non-hydrogen) atoms. The van der Waals surface area contributed by atoms with Crippen molar-refractivity contribution >= 4 is 0 Å². The van der Waals surface area contributed by atoms with Crippen molar-refractivity contribution in [2.75, 3.05) is 27.3 Å². The lowest BCUT2D eigenvalue weighted by Crippen LogP contribution is -2.31. The van der Waals surface area contributed by atoms with E-state index in [4.69, 9.17) is 4.74 Å². The average molecular weight is 261 g/mol. The first-order valence-corrected chi connectivity index (χ1v) is 7.19. The molecular weight excluding hydrogens is 238 g/mol. The van der Waals surface area contributed by atoms with E-state index in [1.807, 2.05) is 0 Å². The number of aryl methyl sites for hydroxylation is 1. The molecule has 1 aromatic carbocycles. The van der Waals surface area contributed by atoms with Gasteiger partial charge in [0.15, 0.2) is 0 Å². The molecule has 0 spiro atoms. The van der Waals surface area contributed by atoms with Crippen LogP contribution >= 0.6 is 0 Å². The van der Waals surface area contributed by atoms with E-state index in [1.165, 1.54) is 11.1 Å². The Morgan fingerprint density at radius 3 is 2.79 bits per heavy atom. The molecule has 1 atom stereocenters. The van der Waals surface area contributed by atoms with Crippen LogP contribution in [0.4, 0.5) is 0 Å². The Kier molecular flexibility index (Phi) is 3.27. The fraction of sp³-hybridized carbons (Fsp3) is 0.625. The summed E-state index contributed by atoms with van der Waals surface area (Å²) in [4.78, 5) is 2.24. The molecule has 1 aliphatic carbocycles. The van der Waals surface area contributed by atoms with Crippen LogP contribution in [-0.2, 0) is 6.42 Å². The Bertz CT molecular complexity index is 466. The largest absolute Gasteiger partial charge is 0.493 e. The van der Waals surface area contributed by atoms with E-state index < -0.39 is 0 Å². The van der Waals surface area contributed by atoms with Crippen molar-refractivity contribution in [3.8, 4) is 5.75 Å². The Morgan fingerprint density at radius 1 is 1.37 bits per heavy atom. The van der Waals surface area contributed by atoms with E-state index in [0.717, 1.165) is 38.0 Å². The molecule has 0 amide bonds. The number of benzene rings is 1. The minimum absolute atomic E-state index is 0.0766. The second-order valence-electron chi connectivity index (χ2n) is 6.21. The van der Waals surface area contributed by atoms with E-state index >= 15 is 0 Å². The first-order chi connectivity index (χ1) is 9.16. The summed E-state index contributed by atoms with van der Waals surface area (Å²) in [5.74, 6) is 1.04. The van der Waals surface area contributed by atoms with Gasteiger partial charge in [-0.3, -0.25) is 0 Å². The van der Waals surface area contributed by atoms with Crippen LogP contribution in [-0.4, -0.2) is 37.3 Å².